The van der Waals surface area contributed by atoms with Crippen LogP contribution < -0.4 is 4.74 Å². The molecule has 0 heterocycles. The van der Waals surface area contributed by atoms with Crippen LogP contribution in [0.25, 0.3) is 0 Å². The monoisotopic (exact) mass is 327 g/mol. The number of Topliss-reactive ketones (excluding diaryl/α,β-unsaturated/α-hetero) is 1. The van der Waals surface area contributed by atoms with Gasteiger partial charge in [-0.2, -0.15) is 0 Å². The van der Waals surface area contributed by atoms with Crippen molar-refractivity contribution in [3.63, 3.8) is 0 Å². The molecule has 5 nitrogen and oxygen atoms in total. The zero-order chi connectivity index (χ0) is 17.7. The van der Waals surface area contributed by atoms with Crippen LogP contribution in [0.15, 0.2) is 42.5 Å². The van der Waals surface area contributed by atoms with Crippen LogP contribution in [0.2, 0.25) is 0 Å². The molecule has 0 saturated carbocycles. The molecule has 0 bridgehead atoms. The Hall–Kier alpha value is -2.69. The first-order valence-corrected chi connectivity index (χ1v) is 7.95. The fourth-order valence-corrected chi connectivity index (χ4v) is 2.32. The van der Waals surface area contributed by atoms with E-state index in [0.717, 1.165) is 5.56 Å². The summed E-state index contributed by atoms with van der Waals surface area (Å²) in [7, 11) is 0. The summed E-state index contributed by atoms with van der Waals surface area (Å²) in [4.78, 5) is 22.4. The second kappa shape index (κ2) is 7.73. The standard InChI is InChI=1S/C19H21NO4/c1-4-18(21)16-9-10-19(17(11-16)20(22)23)24-12-14-5-7-15(8-6-14)13(2)3/h5-11,13H,4,12H2,1-3H3. The summed E-state index contributed by atoms with van der Waals surface area (Å²) in [5.74, 6) is 0.485. The predicted molar refractivity (Wildman–Crippen MR) is 92.6 cm³/mol. The SMILES string of the molecule is CCC(=O)c1ccc(OCc2ccc(C(C)C)cc2)c([N+](=O)[O-])c1. The first-order chi connectivity index (χ1) is 11.4. The van der Waals surface area contributed by atoms with Crippen LogP contribution in [0.3, 0.4) is 0 Å². The number of ether oxygens (including phenoxy) is 1. The van der Waals surface area contributed by atoms with Gasteiger partial charge in [-0.3, -0.25) is 14.9 Å². The van der Waals surface area contributed by atoms with Gasteiger partial charge in [0.2, 0.25) is 0 Å². The molecule has 0 spiro atoms. The molecule has 0 fully saturated rings. The lowest BCUT2D eigenvalue weighted by atomic mass is 10.0. The lowest BCUT2D eigenvalue weighted by Gasteiger charge is -2.10. The molecule has 0 aliphatic heterocycles. The van der Waals surface area contributed by atoms with Gasteiger partial charge in [-0.15, -0.1) is 0 Å². The lowest BCUT2D eigenvalue weighted by molar-refractivity contribution is -0.386. The van der Waals surface area contributed by atoms with Crippen LogP contribution in [0, 0.1) is 10.1 Å². The van der Waals surface area contributed by atoms with Gasteiger partial charge in [0.1, 0.15) is 6.61 Å². The smallest absolute Gasteiger partial charge is 0.311 e. The van der Waals surface area contributed by atoms with Crippen LogP contribution in [-0.2, 0) is 6.61 Å². The van der Waals surface area contributed by atoms with Gasteiger partial charge in [-0.25, -0.2) is 0 Å². The molecule has 0 unspecified atom stereocenters. The minimum Gasteiger partial charge on any atom is -0.482 e. The molecule has 2 aromatic carbocycles. The number of rotatable bonds is 7. The van der Waals surface area contributed by atoms with Gasteiger partial charge in [0.25, 0.3) is 0 Å². The van der Waals surface area contributed by atoms with Crippen LogP contribution >= 0.6 is 0 Å². The van der Waals surface area contributed by atoms with E-state index >= 15 is 0 Å². The molecule has 0 aromatic heterocycles. The average Bonchev–Trinajstić information content (AvgIpc) is 2.59. The Morgan fingerprint density at radius 3 is 2.38 bits per heavy atom. The number of hydrogen-bond donors (Lipinski definition) is 0. The Labute approximate surface area is 141 Å². The molecule has 126 valence electrons. The molecule has 2 rings (SSSR count). The summed E-state index contributed by atoms with van der Waals surface area (Å²) < 4.78 is 5.60. The van der Waals surface area contributed by atoms with Crippen molar-refractivity contribution in [1.29, 1.82) is 0 Å². The highest BCUT2D eigenvalue weighted by Crippen LogP contribution is 2.29. The molecular formula is C19H21NO4. The molecular weight excluding hydrogens is 306 g/mol. The van der Waals surface area contributed by atoms with E-state index in [0.29, 0.717) is 17.9 Å². The molecule has 0 N–H and O–H groups in total. The first-order valence-electron chi connectivity index (χ1n) is 7.95. The van der Waals surface area contributed by atoms with Crippen molar-refractivity contribution < 1.29 is 14.5 Å². The maximum absolute atomic E-state index is 11.7. The molecule has 0 aliphatic carbocycles. The van der Waals surface area contributed by atoms with Gasteiger partial charge >= 0.3 is 5.69 Å². The summed E-state index contributed by atoms with van der Waals surface area (Å²) in [6.45, 7) is 6.20. The lowest BCUT2D eigenvalue weighted by Crippen LogP contribution is -2.02. The van der Waals surface area contributed by atoms with E-state index in [9.17, 15) is 14.9 Å². The number of benzene rings is 2. The fraction of sp³-hybridized carbons (Fsp3) is 0.316. The number of hydrogen-bond acceptors (Lipinski definition) is 4. The van der Waals surface area contributed by atoms with Crippen LogP contribution in [-0.4, -0.2) is 10.7 Å². The minimum atomic E-state index is -0.524. The number of nitro benzene ring substituents is 1. The largest absolute Gasteiger partial charge is 0.482 e. The molecule has 0 aliphatic rings. The Morgan fingerprint density at radius 1 is 1.17 bits per heavy atom. The predicted octanol–water partition coefficient (Wildman–Crippen LogP) is 4.89. The van der Waals surface area contributed by atoms with Gasteiger partial charge in [-0.05, 0) is 29.2 Å². The number of nitrogens with zero attached hydrogens (tertiary/aromatic N) is 1. The van der Waals surface area contributed by atoms with E-state index in [-0.39, 0.29) is 23.8 Å². The molecule has 0 amide bonds. The molecule has 0 saturated heterocycles. The van der Waals surface area contributed by atoms with Crippen molar-refractivity contribution >= 4 is 11.5 Å². The molecule has 0 radical (unpaired) electrons. The molecule has 24 heavy (non-hydrogen) atoms. The maximum Gasteiger partial charge on any atom is 0.311 e. The highest BCUT2D eigenvalue weighted by Gasteiger charge is 2.18. The van der Waals surface area contributed by atoms with Crippen LogP contribution in [0.5, 0.6) is 5.75 Å². The zero-order valence-electron chi connectivity index (χ0n) is 14.1. The highest BCUT2D eigenvalue weighted by molar-refractivity contribution is 5.96. The Morgan fingerprint density at radius 2 is 1.83 bits per heavy atom. The van der Waals surface area contributed by atoms with Gasteiger partial charge in [0, 0.05) is 18.1 Å². The second-order valence-electron chi connectivity index (χ2n) is 5.90. The summed E-state index contributed by atoms with van der Waals surface area (Å²) in [6.07, 6.45) is 0.305. The second-order valence-corrected chi connectivity index (χ2v) is 5.90. The van der Waals surface area contributed by atoms with E-state index in [4.69, 9.17) is 4.74 Å². The van der Waals surface area contributed by atoms with Crippen molar-refractivity contribution in [3.05, 3.63) is 69.3 Å². The topological polar surface area (TPSA) is 69.4 Å². The van der Waals surface area contributed by atoms with Crippen molar-refractivity contribution in [3.8, 4) is 5.75 Å². The normalized spacial score (nSPS) is 10.7. The third kappa shape index (κ3) is 4.19. The van der Waals surface area contributed by atoms with Crippen molar-refractivity contribution in [2.24, 2.45) is 0 Å². The Kier molecular flexibility index (Phi) is 5.68. The van der Waals surface area contributed by atoms with Crippen LogP contribution in [0.1, 0.15) is 54.6 Å². The Bertz CT molecular complexity index is 736. The number of carbonyl (C=O) groups is 1. The van der Waals surface area contributed by atoms with E-state index in [1.54, 1.807) is 13.0 Å². The van der Waals surface area contributed by atoms with Crippen molar-refractivity contribution in [2.75, 3.05) is 0 Å². The third-order valence-corrected chi connectivity index (χ3v) is 3.84. The van der Waals surface area contributed by atoms with Gasteiger partial charge in [0.15, 0.2) is 11.5 Å². The van der Waals surface area contributed by atoms with E-state index in [1.165, 1.54) is 17.7 Å². The third-order valence-electron chi connectivity index (χ3n) is 3.84. The summed E-state index contributed by atoms with van der Waals surface area (Å²) in [5, 5.41) is 11.2. The quantitative estimate of drug-likeness (QED) is 0.412. The summed E-state index contributed by atoms with van der Waals surface area (Å²) in [5.41, 5.74) is 2.31. The van der Waals surface area contributed by atoms with Crippen molar-refractivity contribution in [1.82, 2.24) is 0 Å². The van der Waals surface area contributed by atoms with Gasteiger partial charge in [-0.1, -0.05) is 45.0 Å². The average molecular weight is 327 g/mol. The number of carbonyl (C=O) groups excluding carboxylic acids is 1. The van der Waals surface area contributed by atoms with Crippen molar-refractivity contribution in [2.45, 2.75) is 39.7 Å². The van der Waals surface area contributed by atoms with Gasteiger partial charge in [0.05, 0.1) is 4.92 Å². The van der Waals surface area contributed by atoms with E-state index in [1.807, 2.05) is 24.3 Å². The summed E-state index contributed by atoms with van der Waals surface area (Å²) >= 11 is 0. The number of ketones is 1. The van der Waals surface area contributed by atoms with E-state index < -0.39 is 4.92 Å². The zero-order valence-corrected chi connectivity index (χ0v) is 14.1. The van der Waals surface area contributed by atoms with E-state index in [2.05, 4.69) is 13.8 Å². The first kappa shape index (κ1) is 17.7. The van der Waals surface area contributed by atoms with Crippen LogP contribution in [0.4, 0.5) is 5.69 Å². The number of nitro groups is 1. The molecule has 5 heteroatoms. The Balaban J connectivity index is 2.16. The fourth-order valence-electron chi connectivity index (χ4n) is 2.32. The highest BCUT2D eigenvalue weighted by atomic mass is 16.6. The maximum atomic E-state index is 11.7. The molecule has 0 atom stereocenters. The minimum absolute atomic E-state index is 0.131. The summed E-state index contributed by atoms with van der Waals surface area (Å²) in [6, 6.07) is 12.3. The molecule has 2 aromatic rings. The van der Waals surface area contributed by atoms with Gasteiger partial charge < -0.3 is 4.74 Å².